The molecule has 1 nitrogen and oxygen atoms in total. The van der Waals surface area contributed by atoms with E-state index in [4.69, 9.17) is 0 Å². The van der Waals surface area contributed by atoms with Gasteiger partial charge in [-0.25, -0.2) is 8.78 Å². The molecule has 0 radical (unpaired) electrons. The molecule has 0 fully saturated rings. The zero-order chi connectivity index (χ0) is 10.1. The van der Waals surface area contributed by atoms with Gasteiger partial charge in [-0.3, -0.25) is 0 Å². The lowest BCUT2D eigenvalue weighted by Gasteiger charge is -2.24. The van der Waals surface area contributed by atoms with Crippen molar-refractivity contribution in [1.82, 2.24) is 0 Å². The summed E-state index contributed by atoms with van der Waals surface area (Å²) < 4.78 is 26.2. The molecule has 0 bridgehead atoms. The maximum Gasteiger partial charge on any atom is 0.150 e. The molecule has 1 aliphatic rings. The van der Waals surface area contributed by atoms with Crippen LogP contribution in [0, 0.1) is 11.6 Å². The van der Waals surface area contributed by atoms with E-state index in [1.165, 1.54) is 6.07 Å². The zero-order valence-corrected chi connectivity index (χ0v) is 8.63. The van der Waals surface area contributed by atoms with E-state index in [2.05, 4.69) is 12.2 Å². The lowest BCUT2D eigenvalue weighted by Crippen LogP contribution is -2.21. The minimum absolute atomic E-state index is 0.406. The summed E-state index contributed by atoms with van der Waals surface area (Å²) >= 11 is 1.54. The van der Waals surface area contributed by atoms with Crippen LogP contribution < -0.4 is 5.32 Å². The van der Waals surface area contributed by atoms with E-state index in [1.54, 1.807) is 11.8 Å². The maximum atomic E-state index is 13.2. The summed E-state index contributed by atoms with van der Waals surface area (Å²) in [6.45, 7) is 2.82. The fraction of sp³-hybridized carbons (Fsp3) is 0.400. The van der Waals surface area contributed by atoms with Crippen molar-refractivity contribution >= 4 is 17.4 Å². The van der Waals surface area contributed by atoms with E-state index < -0.39 is 11.6 Å². The lowest BCUT2D eigenvalue weighted by atomic mass is 10.2. The number of anilines is 1. The fourth-order valence-corrected chi connectivity index (χ4v) is 2.64. The second-order valence-electron chi connectivity index (χ2n) is 3.29. The van der Waals surface area contributed by atoms with Gasteiger partial charge in [-0.1, -0.05) is 6.92 Å². The quantitative estimate of drug-likeness (QED) is 0.771. The summed E-state index contributed by atoms with van der Waals surface area (Å²) in [7, 11) is 0. The molecule has 0 spiro atoms. The summed E-state index contributed by atoms with van der Waals surface area (Å²) in [6.07, 6.45) is 0.995. The molecule has 0 saturated carbocycles. The van der Waals surface area contributed by atoms with Crippen molar-refractivity contribution < 1.29 is 8.78 Å². The smallest absolute Gasteiger partial charge is 0.150 e. The first-order valence-electron chi connectivity index (χ1n) is 4.60. The monoisotopic (exact) mass is 215 g/mol. The molecule has 0 aliphatic carbocycles. The molecule has 4 heteroatoms. The molecule has 1 aromatic carbocycles. The number of fused-ring (bicyclic) bond motifs is 1. The van der Waals surface area contributed by atoms with Crippen LogP contribution in [0.3, 0.4) is 0 Å². The molecule has 0 amide bonds. The van der Waals surface area contributed by atoms with Crippen LogP contribution in [-0.2, 0) is 0 Å². The molecule has 1 atom stereocenters. The second-order valence-corrected chi connectivity index (χ2v) is 4.63. The minimum atomic E-state index is -0.507. The molecule has 1 unspecified atom stereocenters. The maximum absolute atomic E-state index is 13.2. The van der Waals surface area contributed by atoms with Crippen molar-refractivity contribution in [2.24, 2.45) is 0 Å². The number of nitrogens with one attached hydrogen (secondary N) is 1. The normalized spacial score (nSPS) is 20.1. The van der Waals surface area contributed by atoms with E-state index in [9.17, 15) is 8.78 Å². The summed E-state index contributed by atoms with van der Waals surface area (Å²) in [5.41, 5.74) is 0.445. The van der Waals surface area contributed by atoms with Crippen LogP contribution >= 0.6 is 11.8 Å². The molecule has 1 aromatic rings. The first kappa shape index (κ1) is 9.77. The molecular weight excluding hydrogens is 204 g/mol. The Kier molecular flexibility index (Phi) is 2.63. The largest absolute Gasteiger partial charge is 0.381 e. The van der Waals surface area contributed by atoms with Crippen molar-refractivity contribution in [2.45, 2.75) is 23.5 Å². The number of hydrogen-bond acceptors (Lipinski definition) is 2. The highest BCUT2D eigenvalue weighted by Gasteiger charge is 2.20. The summed E-state index contributed by atoms with van der Waals surface area (Å²) in [4.78, 5) is 0.681. The van der Waals surface area contributed by atoms with Gasteiger partial charge in [0.15, 0.2) is 0 Å². The average Bonchev–Trinajstić information content (AvgIpc) is 2.16. The predicted molar refractivity (Wildman–Crippen MR) is 54.8 cm³/mol. The van der Waals surface area contributed by atoms with E-state index in [0.717, 1.165) is 19.0 Å². The third kappa shape index (κ3) is 1.71. The molecule has 1 N–H and O–H groups in total. The SMILES string of the molecule is CCC1CNc2c(F)cc(F)cc2S1. The van der Waals surface area contributed by atoms with Crippen LogP contribution in [0.4, 0.5) is 14.5 Å². The Hall–Kier alpha value is -0.770. The Bertz CT molecular complexity index is 354. The lowest BCUT2D eigenvalue weighted by molar-refractivity contribution is 0.578. The molecule has 0 saturated heterocycles. The number of halogens is 2. The van der Waals surface area contributed by atoms with Gasteiger partial charge >= 0.3 is 0 Å². The fourth-order valence-electron chi connectivity index (χ4n) is 1.48. The molecular formula is C10H11F2NS. The van der Waals surface area contributed by atoms with Crippen LogP contribution in [0.5, 0.6) is 0 Å². The van der Waals surface area contributed by atoms with Crippen LogP contribution in [0.25, 0.3) is 0 Å². The van der Waals surface area contributed by atoms with E-state index in [0.29, 0.717) is 15.8 Å². The molecule has 14 heavy (non-hydrogen) atoms. The Balaban J connectivity index is 2.37. The molecule has 0 aromatic heterocycles. The van der Waals surface area contributed by atoms with Gasteiger partial charge in [-0.05, 0) is 12.5 Å². The van der Waals surface area contributed by atoms with E-state index in [1.807, 2.05) is 0 Å². The molecule has 2 rings (SSSR count). The van der Waals surface area contributed by atoms with Crippen molar-refractivity contribution in [2.75, 3.05) is 11.9 Å². The first-order valence-corrected chi connectivity index (χ1v) is 5.48. The zero-order valence-electron chi connectivity index (χ0n) is 7.81. The molecule has 1 aliphatic heterocycles. The summed E-state index contributed by atoms with van der Waals surface area (Å²) in [5.74, 6) is -1.01. The topological polar surface area (TPSA) is 12.0 Å². The van der Waals surface area contributed by atoms with Gasteiger partial charge in [0, 0.05) is 22.8 Å². The van der Waals surface area contributed by atoms with Crippen molar-refractivity contribution in [3.63, 3.8) is 0 Å². The second kappa shape index (κ2) is 3.77. The van der Waals surface area contributed by atoms with Gasteiger partial charge in [-0.15, -0.1) is 11.8 Å². The highest BCUT2D eigenvalue weighted by molar-refractivity contribution is 8.00. The molecule has 1 heterocycles. The third-order valence-corrected chi connectivity index (χ3v) is 3.68. The number of benzene rings is 1. The van der Waals surface area contributed by atoms with Crippen LogP contribution in [-0.4, -0.2) is 11.8 Å². The van der Waals surface area contributed by atoms with Crippen molar-refractivity contribution in [3.05, 3.63) is 23.8 Å². The third-order valence-electron chi connectivity index (χ3n) is 2.27. The van der Waals surface area contributed by atoms with Gasteiger partial charge in [0.1, 0.15) is 11.6 Å². The summed E-state index contributed by atoms with van der Waals surface area (Å²) in [6, 6.07) is 2.30. The average molecular weight is 215 g/mol. The Labute approximate surface area is 85.9 Å². The van der Waals surface area contributed by atoms with Gasteiger partial charge in [0.25, 0.3) is 0 Å². The number of thioether (sulfide) groups is 1. The van der Waals surface area contributed by atoms with E-state index >= 15 is 0 Å². The predicted octanol–water partition coefficient (Wildman–Crippen LogP) is 3.26. The molecule has 76 valence electrons. The standard InChI is InChI=1S/C10H11F2NS/c1-2-7-5-13-10-8(12)3-6(11)4-9(10)14-7/h3-4,7,13H,2,5H2,1H3. The Morgan fingerprint density at radius 3 is 3.00 bits per heavy atom. The van der Waals surface area contributed by atoms with E-state index in [-0.39, 0.29) is 0 Å². The van der Waals surface area contributed by atoms with Crippen LogP contribution in [0.1, 0.15) is 13.3 Å². The van der Waals surface area contributed by atoms with Crippen molar-refractivity contribution in [3.8, 4) is 0 Å². The van der Waals surface area contributed by atoms with Crippen molar-refractivity contribution in [1.29, 1.82) is 0 Å². The Morgan fingerprint density at radius 2 is 2.29 bits per heavy atom. The van der Waals surface area contributed by atoms with Gasteiger partial charge < -0.3 is 5.32 Å². The highest BCUT2D eigenvalue weighted by atomic mass is 32.2. The van der Waals surface area contributed by atoms with Gasteiger partial charge in [-0.2, -0.15) is 0 Å². The summed E-state index contributed by atoms with van der Waals surface area (Å²) in [5, 5.41) is 3.40. The number of hydrogen-bond donors (Lipinski definition) is 1. The van der Waals surface area contributed by atoms with Crippen LogP contribution in [0.15, 0.2) is 17.0 Å². The highest BCUT2D eigenvalue weighted by Crippen LogP contribution is 2.38. The van der Waals surface area contributed by atoms with Crippen LogP contribution in [0.2, 0.25) is 0 Å². The van der Waals surface area contributed by atoms with Gasteiger partial charge in [0.05, 0.1) is 5.69 Å². The number of rotatable bonds is 1. The minimum Gasteiger partial charge on any atom is -0.381 e. The Morgan fingerprint density at radius 1 is 1.50 bits per heavy atom. The van der Waals surface area contributed by atoms with Gasteiger partial charge in [0.2, 0.25) is 0 Å². The first-order chi connectivity index (χ1) is 6.70.